The van der Waals surface area contributed by atoms with Crippen molar-refractivity contribution in [3.8, 4) is 5.95 Å². The highest BCUT2D eigenvalue weighted by molar-refractivity contribution is 7.99. The molecule has 0 bridgehead atoms. The first-order valence-corrected chi connectivity index (χ1v) is 10.3. The summed E-state index contributed by atoms with van der Waals surface area (Å²) in [5, 5.41) is 8.23. The van der Waals surface area contributed by atoms with Gasteiger partial charge >= 0.3 is 0 Å². The van der Waals surface area contributed by atoms with Crippen molar-refractivity contribution in [2.45, 2.75) is 37.5 Å². The maximum Gasteiger partial charge on any atom is 0.252 e. The van der Waals surface area contributed by atoms with Crippen molar-refractivity contribution >= 4 is 35.1 Å². The van der Waals surface area contributed by atoms with Gasteiger partial charge < -0.3 is 5.32 Å². The van der Waals surface area contributed by atoms with Crippen LogP contribution in [0.2, 0.25) is 5.02 Å². The van der Waals surface area contributed by atoms with E-state index in [-0.39, 0.29) is 11.3 Å². The second-order valence-corrected chi connectivity index (χ2v) is 8.75. The predicted molar refractivity (Wildman–Crippen MR) is 113 cm³/mol. The van der Waals surface area contributed by atoms with Gasteiger partial charge in [-0.3, -0.25) is 4.79 Å². The van der Waals surface area contributed by atoms with Crippen LogP contribution in [-0.4, -0.2) is 31.4 Å². The minimum absolute atomic E-state index is 0.0999. The van der Waals surface area contributed by atoms with Crippen LogP contribution in [-0.2, 0) is 10.2 Å². The molecule has 0 saturated heterocycles. The Hall–Kier alpha value is -2.38. The number of nitrogens with zero attached hydrogens (tertiary/aromatic N) is 4. The number of carbonyl (C=O) groups excluding carboxylic acids is 1. The Morgan fingerprint density at radius 1 is 1.18 bits per heavy atom. The van der Waals surface area contributed by atoms with Gasteiger partial charge in [0.2, 0.25) is 5.91 Å². The molecular formula is C20H22ClN5OS. The number of benzene rings is 1. The molecule has 0 aliphatic rings. The maximum absolute atomic E-state index is 12.5. The molecule has 0 unspecified atom stereocenters. The summed E-state index contributed by atoms with van der Waals surface area (Å²) in [5.74, 6) is 1.50. The van der Waals surface area contributed by atoms with Gasteiger partial charge in [0, 0.05) is 40.9 Å². The van der Waals surface area contributed by atoms with Crippen LogP contribution in [0.3, 0.4) is 0 Å². The lowest BCUT2D eigenvalue weighted by atomic mass is 9.92. The molecule has 0 saturated carbocycles. The lowest BCUT2D eigenvalue weighted by Gasteiger charge is -2.13. The number of amides is 1. The van der Waals surface area contributed by atoms with E-state index in [1.165, 1.54) is 0 Å². The molecule has 1 N–H and O–H groups in total. The molecule has 1 aromatic carbocycles. The number of thioether (sulfide) groups is 1. The first-order chi connectivity index (χ1) is 13.3. The zero-order valence-electron chi connectivity index (χ0n) is 16.0. The highest BCUT2D eigenvalue weighted by atomic mass is 35.5. The molecule has 3 aromatic rings. The standard InChI is InChI=1S/C20H22ClN5OS/c1-20(2,3)16-13-17(26(25-16)19-22-10-6-11-23-19)24-18(27)9-12-28-15-8-5-4-7-14(15)21/h4-8,10-11,13H,9,12H2,1-3H3,(H,24,27). The van der Waals surface area contributed by atoms with Crippen molar-refractivity contribution in [3.63, 3.8) is 0 Å². The van der Waals surface area contributed by atoms with Crippen LogP contribution in [0.4, 0.5) is 5.82 Å². The Kier molecular flexibility index (Phi) is 6.36. The third-order valence-electron chi connectivity index (χ3n) is 3.91. The molecule has 8 heteroatoms. The van der Waals surface area contributed by atoms with Crippen molar-refractivity contribution in [2.24, 2.45) is 0 Å². The molecular weight excluding hydrogens is 394 g/mol. The van der Waals surface area contributed by atoms with Crippen LogP contribution < -0.4 is 5.32 Å². The molecule has 146 valence electrons. The summed E-state index contributed by atoms with van der Waals surface area (Å²) in [6.45, 7) is 6.20. The Bertz CT molecular complexity index is 953. The molecule has 0 fully saturated rings. The van der Waals surface area contributed by atoms with Gasteiger partial charge in [-0.05, 0) is 18.2 Å². The monoisotopic (exact) mass is 415 g/mol. The van der Waals surface area contributed by atoms with Crippen molar-refractivity contribution < 1.29 is 4.79 Å². The van der Waals surface area contributed by atoms with Crippen molar-refractivity contribution in [1.82, 2.24) is 19.7 Å². The van der Waals surface area contributed by atoms with E-state index >= 15 is 0 Å². The van der Waals surface area contributed by atoms with E-state index in [0.717, 1.165) is 10.6 Å². The van der Waals surface area contributed by atoms with E-state index in [1.807, 2.05) is 30.3 Å². The average molecular weight is 416 g/mol. The van der Waals surface area contributed by atoms with Gasteiger partial charge in [-0.2, -0.15) is 9.78 Å². The number of anilines is 1. The SMILES string of the molecule is CC(C)(C)c1cc(NC(=O)CCSc2ccccc2Cl)n(-c2ncccn2)n1. The maximum atomic E-state index is 12.5. The summed E-state index contributed by atoms with van der Waals surface area (Å²) in [7, 11) is 0. The summed E-state index contributed by atoms with van der Waals surface area (Å²) >= 11 is 7.71. The number of hydrogen-bond donors (Lipinski definition) is 1. The van der Waals surface area contributed by atoms with E-state index in [1.54, 1.807) is 34.9 Å². The molecule has 6 nitrogen and oxygen atoms in total. The Morgan fingerprint density at radius 2 is 1.89 bits per heavy atom. The molecule has 2 heterocycles. The van der Waals surface area contributed by atoms with Crippen LogP contribution in [0.1, 0.15) is 32.9 Å². The van der Waals surface area contributed by atoms with Gasteiger partial charge in [0.05, 0.1) is 10.7 Å². The molecule has 0 atom stereocenters. The van der Waals surface area contributed by atoms with Crippen LogP contribution in [0.5, 0.6) is 0 Å². The first-order valence-electron chi connectivity index (χ1n) is 8.90. The molecule has 3 rings (SSSR count). The molecule has 0 spiro atoms. The topological polar surface area (TPSA) is 72.7 Å². The van der Waals surface area contributed by atoms with Gasteiger partial charge in [-0.1, -0.05) is 44.5 Å². The fraction of sp³-hybridized carbons (Fsp3) is 0.300. The highest BCUT2D eigenvalue weighted by Crippen LogP contribution is 2.28. The number of hydrogen-bond acceptors (Lipinski definition) is 5. The van der Waals surface area contributed by atoms with Crippen molar-refractivity contribution in [1.29, 1.82) is 0 Å². The van der Waals surface area contributed by atoms with E-state index < -0.39 is 0 Å². The molecule has 0 radical (unpaired) electrons. The van der Waals surface area contributed by atoms with E-state index in [9.17, 15) is 4.79 Å². The third kappa shape index (κ3) is 5.11. The number of nitrogens with one attached hydrogen (secondary N) is 1. The lowest BCUT2D eigenvalue weighted by Crippen LogP contribution is -2.16. The largest absolute Gasteiger partial charge is 0.310 e. The van der Waals surface area contributed by atoms with Crippen molar-refractivity contribution in [2.75, 3.05) is 11.1 Å². The normalized spacial score (nSPS) is 11.4. The van der Waals surface area contributed by atoms with Gasteiger partial charge in [0.1, 0.15) is 5.82 Å². The van der Waals surface area contributed by atoms with Gasteiger partial charge in [-0.25, -0.2) is 9.97 Å². The summed E-state index contributed by atoms with van der Waals surface area (Å²) < 4.78 is 1.57. The fourth-order valence-corrected chi connectivity index (χ4v) is 3.60. The average Bonchev–Trinajstić information content (AvgIpc) is 3.08. The van der Waals surface area contributed by atoms with E-state index in [2.05, 4.69) is 41.2 Å². The predicted octanol–water partition coefficient (Wildman–Crippen LogP) is 4.73. The number of aromatic nitrogens is 4. The Morgan fingerprint density at radius 3 is 2.57 bits per heavy atom. The minimum atomic E-state index is -0.167. The Labute approximate surface area is 173 Å². The number of halogens is 1. The quantitative estimate of drug-likeness (QED) is 0.589. The second kappa shape index (κ2) is 8.75. The van der Waals surface area contributed by atoms with Crippen LogP contribution >= 0.6 is 23.4 Å². The highest BCUT2D eigenvalue weighted by Gasteiger charge is 2.22. The molecule has 2 aromatic heterocycles. The summed E-state index contributed by atoms with van der Waals surface area (Å²) in [6, 6.07) is 11.2. The minimum Gasteiger partial charge on any atom is -0.310 e. The number of rotatable bonds is 6. The molecule has 1 amide bonds. The second-order valence-electron chi connectivity index (χ2n) is 7.20. The van der Waals surface area contributed by atoms with Gasteiger partial charge in [0.25, 0.3) is 5.95 Å². The molecule has 0 aliphatic carbocycles. The summed E-state index contributed by atoms with van der Waals surface area (Å²) in [6.07, 6.45) is 3.64. The van der Waals surface area contributed by atoms with Crippen LogP contribution in [0.15, 0.2) is 53.7 Å². The summed E-state index contributed by atoms with van der Waals surface area (Å²) in [5.41, 5.74) is 0.681. The fourth-order valence-electron chi connectivity index (χ4n) is 2.41. The van der Waals surface area contributed by atoms with Crippen LogP contribution in [0, 0.1) is 0 Å². The van der Waals surface area contributed by atoms with Gasteiger partial charge in [0.15, 0.2) is 0 Å². The third-order valence-corrected chi connectivity index (χ3v) is 5.43. The van der Waals surface area contributed by atoms with Crippen molar-refractivity contribution in [3.05, 3.63) is 59.5 Å². The molecule has 0 aliphatic heterocycles. The number of carbonyl (C=O) groups is 1. The Balaban J connectivity index is 1.71. The van der Waals surface area contributed by atoms with Crippen LogP contribution in [0.25, 0.3) is 5.95 Å². The zero-order valence-corrected chi connectivity index (χ0v) is 17.6. The zero-order chi connectivity index (χ0) is 20.1. The van der Waals surface area contributed by atoms with E-state index in [4.69, 9.17) is 11.6 Å². The van der Waals surface area contributed by atoms with Gasteiger partial charge in [-0.15, -0.1) is 11.8 Å². The lowest BCUT2D eigenvalue weighted by molar-refractivity contribution is -0.115. The molecule has 28 heavy (non-hydrogen) atoms. The van der Waals surface area contributed by atoms with E-state index in [0.29, 0.717) is 29.0 Å². The first kappa shape index (κ1) is 20.4. The smallest absolute Gasteiger partial charge is 0.252 e. The summed E-state index contributed by atoms with van der Waals surface area (Å²) in [4.78, 5) is 21.9.